The van der Waals surface area contributed by atoms with Gasteiger partial charge in [-0.1, -0.05) is 6.07 Å². The zero-order chi connectivity index (χ0) is 12.1. The fourth-order valence-corrected chi connectivity index (χ4v) is 1.21. The zero-order valence-corrected chi connectivity index (χ0v) is 9.04. The van der Waals surface area contributed by atoms with Gasteiger partial charge in [0.25, 0.3) is 5.69 Å². The van der Waals surface area contributed by atoms with Crippen LogP contribution in [0.25, 0.3) is 0 Å². The third kappa shape index (κ3) is 2.77. The van der Waals surface area contributed by atoms with E-state index in [1.807, 2.05) is 0 Å². The minimum absolute atomic E-state index is 0.0801. The summed E-state index contributed by atoms with van der Waals surface area (Å²) in [5, 5.41) is 11.6. The lowest BCUT2D eigenvalue weighted by Crippen LogP contribution is -2.28. The highest BCUT2D eigenvalue weighted by Crippen LogP contribution is 2.21. The molecule has 1 aromatic rings. The van der Waals surface area contributed by atoms with Crippen molar-refractivity contribution in [2.45, 2.75) is 13.8 Å². The molecule has 6 nitrogen and oxygen atoms in total. The molecule has 0 aliphatic rings. The molecule has 1 rings (SSSR count). The van der Waals surface area contributed by atoms with Crippen molar-refractivity contribution in [1.82, 2.24) is 0 Å². The molecule has 0 saturated carbocycles. The van der Waals surface area contributed by atoms with Crippen molar-refractivity contribution in [2.24, 2.45) is 0 Å². The lowest BCUT2D eigenvalue weighted by atomic mass is 10.3. The highest BCUT2D eigenvalue weighted by atomic mass is 16.7. The molecule has 0 heterocycles. The summed E-state index contributed by atoms with van der Waals surface area (Å²) in [6, 6.07) is 5.72. The maximum atomic E-state index is 11.2. The van der Waals surface area contributed by atoms with Crippen LogP contribution in [0.2, 0.25) is 0 Å². The second-order valence-electron chi connectivity index (χ2n) is 3.01. The van der Waals surface area contributed by atoms with E-state index in [1.54, 1.807) is 13.0 Å². The van der Waals surface area contributed by atoms with Crippen LogP contribution in [0.4, 0.5) is 11.4 Å². The van der Waals surface area contributed by atoms with Crippen molar-refractivity contribution >= 4 is 17.3 Å². The summed E-state index contributed by atoms with van der Waals surface area (Å²) in [4.78, 5) is 26.4. The van der Waals surface area contributed by atoms with Crippen molar-refractivity contribution in [1.29, 1.82) is 0 Å². The maximum absolute atomic E-state index is 11.2. The summed E-state index contributed by atoms with van der Waals surface area (Å²) in [5.41, 5.74) is 0.270. The van der Waals surface area contributed by atoms with Crippen LogP contribution in [-0.4, -0.2) is 17.4 Å². The number of nitrogens with zero attached hydrogens (tertiary/aromatic N) is 2. The lowest BCUT2D eigenvalue weighted by molar-refractivity contribution is -0.384. The molecule has 0 saturated heterocycles. The normalized spacial score (nSPS) is 9.88. The molecule has 0 fully saturated rings. The fraction of sp³-hybridized carbons (Fsp3) is 0.300. The Hall–Kier alpha value is -1.95. The van der Waals surface area contributed by atoms with E-state index in [2.05, 4.69) is 0 Å². The molecule has 0 aliphatic heterocycles. The van der Waals surface area contributed by atoms with Crippen molar-refractivity contribution in [3.63, 3.8) is 0 Å². The SMILES string of the molecule is CCON(C(C)=O)c1cccc([N+](=O)[O-])c1. The van der Waals surface area contributed by atoms with Gasteiger partial charge in [-0.25, -0.2) is 0 Å². The number of carbonyl (C=O) groups excluding carboxylic acids is 1. The van der Waals surface area contributed by atoms with Gasteiger partial charge < -0.3 is 0 Å². The van der Waals surface area contributed by atoms with Gasteiger partial charge in [0.15, 0.2) is 0 Å². The molecule has 0 N–H and O–H groups in total. The number of rotatable bonds is 4. The first-order chi connectivity index (χ1) is 7.56. The van der Waals surface area contributed by atoms with Crippen LogP contribution in [0.5, 0.6) is 0 Å². The molecule has 0 aromatic heterocycles. The molecule has 86 valence electrons. The van der Waals surface area contributed by atoms with Gasteiger partial charge in [-0.3, -0.25) is 19.7 Å². The number of non-ortho nitro benzene ring substituents is 1. The third-order valence-corrected chi connectivity index (χ3v) is 1.82. The number of nitro benzene ring substituents is 1. The summed E-state index contributed by atoms with van der Waals surface area (Å²) < 4.78 is 0. The molecule has 0 radical (unpaired) electrons. The predicted molar refractivity (Wildman–Crippen MR) is 57.9 cm³/mol. The van der Waals surface area contributed by atoms with Gasteiger partial charge in [0.05, 0.1) is 17.2 Å². The Morgan fingerprint density at radius 2 is 2.25 bits per heavy atom. The summed E-state index contributed by atoms with van der Waals surface area (Å²) in [6.45, 7) is 3.37. The molecule has 0 spiro atoms. The van der Waals surface area contributed by atoms with Crippen LogP contribution in [0.3, 0.4) is 0 Å². The Morgan fingerprint density at radius 3 is 2.75 bits per heavy atom. The number of nitro groups is 1. The van der Waals surface area contributed by atoms with E-state index in [1.165, 1.54) is 25.1 Å². The zero-order valence-electron chi connectivity index (χ0n) is 9.04. The van der Waals surface area contributed by atoms with E-state index >= 15 is 0 Å². The number of hydroxylamine groups is 1. The number of carbonyl (C=O) groups is 1. The van der Waals surface area contributed by atoms with Crippen LogP contribution in [-0.2, 0) is 9.63 Å². The maximum Gasteiger partial charge on any atom is 0.271 e. The number of amides is 1. The van der Waals surface area contributed by atoms with Crippen molar-refractivity contribution < 1.29 is 14.6 Å². The minimum atomic E-state index is -0.520. The highest BCUT2D eigenvalue weighted by molar-refractivity contribution is 5.89. The summed E-state index contributed by atoms with van der Waals surface area (Å²) in [5.74, 6) is -0.331. The van der Waals surface area contributed by atoms with E-state index < -0.39 is 4.92 Å². The van der Waals surface area contributed by atoms with Gasteiger partial charge in [0.1, 0.15) is 0 Å². The smallest absolute Gasteiger partial charge is 0.271 e. The van der Waals surface area contributed by atoms with Gasteiger partial charge in [-0.2, -0.15) is 5.06 Å². The van der Waals surface area contributed by atoms with Gasteiger partial charge in [0.2, 0.25) is 5.91 Å². The van der Waals surface area contributed by atoms with E-state index in [-0.39, 0.29) is 11.6 Å². The first-order valence-electron chi connectivity index (χ1n) is 4.74. The van der Waals surface area contributed by atoms with Crippen LogP contribution in [0, 0.1) is 10.1 Å². The van der Waals surface area contributed by atoms with Crippen LogP contribution in [0.15, 0.2) is 24.3 Å². The third-order valence-electron chi connectivity index (χ3n) is 1.82. The predicted octanol–water partition coefficient (Wildman–Crippen LogP) is 1.90. The first kappa shape index (κ1) is 12.1. The van der Waals surface area contributed by atoms with Crippen molar-refractivity contribution in [3.8, 4) is 0 Å². The first-order valence-corrected chi connectivity index (χ1v) is 4.74. The summed E-state index contributed by atoms with van der Waals surface area (Å²) in [7, 11) is 0. The lowest BCUT2D eigenvalue weighted by Gasteiger charge is -2.18. The minimum Gasteiger partial charge on any atom is -0.273 e. The van der Waals surface area contributed by atoms with Gasteiger partial charge >= 0.3 is 0 Å². The molecular weight excluding hydrogens is 212 g/mol. The molecule has 0 aliphatic carbocycles. The van der Waals surface area contributed by atoms with E-state index in [9.17, 15) is 14.9 Å². The molecule has 0 bridgehead atoms. The molecule has 6 heteroatoms. The Bertz CT molecular complexity index is 406. The molecule has 1 aromatic carbocycles. The standard InChI is InChI=1S/C10H12N2O4/c1-3-16-11(8(2)13)9-5-4-6-10(7-9)12(14)15/h4-7H,3H2,1-2H3. The monoisotopic (exact) mass is 224 g/mol. The Balaban J connectivity index is 3.04. The largest absolute Gasteiger partial charge is 0.273 e. The van der Waals surface area contributed by atoms with Gasteiger partial charge in [-0.15, -0.1) is 0 Å². The second-order valence-corrected chi connectivity index (χ2v) is 3.01. The molecule has 16 heavy (non-hydrogen) atoms. The topological polar surface area (TPSA) is 72.7 Å². The second kappa shape index (κ2) is 5.22. The Kier molecular flexibility index (Phi) is 3.96. The van der Waals surface area contributed by atoms with Crippen molar-refractivity contribution in [2.75, 3.05) is 11.7 Å². The molecular formula is C10H12N2O4. The number of hydrogen-bond acceptors (Lipinski definition) is 4. The van der Waals surface area contributed by atoms with Gasteiger partial charge in [-0.05, 0) is 13.0 Å². The highest BCUT2D eigenvalue weighted by Gasteiger charge is 2.15. The van der Waals surface area contributed by atoms with E-state index in [4.69, 9.17) is 4.84 Å². The molecule has 0 unspecified atom stereocenters. The van der Waals surface area contributed by atoms with E-state index in [0.29, 0.717) is 12.3 Å². The number of anilines is 1. The Morgan fingerprint density at radius 1 is 1.56 bits per heavy atom. The fourth-order valence-electron chi connectivity index (χ4n) is 1.21. The van der Waals surface area contributed by atoms with Crippen LogP contribution < -0.4 is 5.06 Å². The van der Waals surface area contributed by atoms with Gasteiger partial charge in [0, 0.05) is 19.1 Å². The Labute approximate surface area is 92.5 Å². The van der Waals surface area contributed by atoms with Crippen LogP contribution in [0.1, 0.15) is 13.8 Å². The van der Waals surface area contributed by atoms with Crippen molar-refractivity contribution in [3.05, 3.63) is 34.4 Å². The number of benzene rings is 1. The number of hydrogen-bond donors (Lipinski definition) is 0. The molecule has 1 amide bonds. The quantitative estimate of drug-likeness (QED) is 0.578. The van der Waals surface area contributed by atoms with E-state index in [0.717, 1.165) is 5.06 Å². The average Bonchev–Trinajstić information content (AvgIpc) is 2.25. The van der Waals surface area contributed by atoms with Crippen LogP contribution >= 0.6 is 0 Å². The summed E-state index contributed by atoms with van der Waals surface area (Å²) in [6.07, 6.45) is 0. The average molecular weight is 224 g/mol. The summed E-state index contributed by atoms with van der Waals surface area (Å²) >= 11 is 0. The molecule has 0 atom stereocenters.